The molecule has 49 heavy (non-hydrogen) atoms. The van der Waals surface area contributed by atoms with Gasteiger partial charge in [0.25, 0.3) is 11.8 Å². The quantitative estimate of drug-likeness (QED) is 0.279. The van der Waals surface area contributed by atoms with Crippen molar-refractivity contribution in [1.29, 1.82) is 0 Å². The van der Waals surface area contributed by atoms with E-state index in [0.29, 0.717) is 56.7 Å². The molecule has 2 atom stereocenters. The van der Waals surface area contributed by atoms with Gasteiger partial charge >= 0.3 is 6.09 Å². The average molecular weight is 664 g/mol. The van der Waals surface area contributed by atoms with Crippen LogP contribution in [0.4, 0.5) is 4.79 Å². The molecule has 1 aromatic heterocycles. The number of rotatable bonds is 7. The van der Waals surface area contributed by atoms with Crippen molar-refractivity contribution >= 4 is 17.9 Å². The molecule has 0 saturated carbocycles. The summed E-state index contributed by atoms with van der Waals surface area (Å²) in [6, 6.07) is 28.3. The summed E-state index contributed by atoms with van der Waals surface area (Å²) in [4.78, 5) is 50.9. The van der Waals surface area contributed by atoms with Gasteiger partial charge in [-0.25, -0.2) is 9.78 Å². The predicted molar refractivity (Wildman–Crippen MR) is 187 cm³/mol. The third kappa shape index (κ3) is 8.03. The second kappa shape index (κ2) is 14.3. The molecular formula is C39H45N5O5. The van der Waals surface area contributed by atoms with Crippen LogP contribution in [0.5, 0.6) is 0 Å². The zero-order valence-electron chi connectivity index (χ0n) is 28.5. The van der Waals surface area contributed by atoms with Gasteiger partial charge in [-0.3, -0.25) is 9.59 Å². The van der Waals surface area contributed by atoms with Crippen LogP contribution >= 0.6 is 0 Å². The second-order valence-corrected chi connectivity index (χ2v) is 14.1. The number of benzene rings is 3. The van der Waals surface area contributed by atoms with Crippen molar-refractivity contribution in [3.05, 3.63) is 114 Å². The van der Waals surface area contributed by atoms with E-state index in [1.807, 2.05) is 109 Å². The lowest BCUT2D eigenvalue weighted by atomic mass is 9.91. The summed E-state index contributed by atoms with van der Waals surface area (Å²) in [7, 11) is 0. The minimum absolute atomic E-state index is 0.113. The molecule has 0 radical (unpaired) electrons. The normalized spacial score (nSPS) is 19.8. The van der Waals surface area contributed by atoms with Gasteiger partial charge in [-0.15, -0.1) is 0 Å². The Morgan fingerprint density at radius 3 is 2.18 bits per heavy atom. The first kappa shape index (κ1) is 33.9. The number of piperidine rings is 1. The molecule has 0 bridgehead atoms. The van der Waals surface area contributed by atoms with Gasteiger partial charge in [-0.1, -0.05) is 78.9 Å². The number of aliphatic hydroxyl groups is 1. The lowest BCUT2D eigenvalue weighted by molar-refractivity contribution is -0.0360. The monoisotopic (exact) mass is 663 g/mol. The Morgan fingerprint density at radius 2 is 1.51 bits per heavy atom. The molecule has 2 saturated heterocycles. The minimum atomic E-state index is -1.22. The number of imidazole rings is 1. The van der Waals surface area contributed by atoms with Crippen molar-refractivity contribution in [3.8, 4) is 11.3 Å². The summed E-state index contributed by atoms with van der Waals surface area (Å²) in [5, 5.41) is 11.9. The standard InChI is InChI=1S/C39H45N5O5/c1-38(2,3)49-37(47)41-22-23-44(32(25-41)24-29-14-7-4-8-15-29)36(46)33-34(30-16-9-5-10-17-30)43(28-40-33)27-39(48)20-13-21-42(26-39)35(45)31-18-11-6-12-19-31/h4-12,14-19,28,32,48H,13,20-27H2,1-3H3/t32-,39?/m1/s1. The number of β-amino-alcohol motifs (C(OH)–C–C–N with tert-alkyl or cyclic N) is 1. The van der Waals surface area contributed by atoms with Gasteiger partial charge in [0.2, 0.25) is 0 Å². The van der Waals surface area contributed by atoms with Crippen LogP contribution in [0.25, 0.3) is 11.3 Å². The molecule has 1 unspecified atom stereocenters. The fourth-order valence-electron chi connectivity index (χ4n) is 6.86. The van der Waals surface area contributed by atoms with Gasteiger partial charge < -0.3 is 29.1 Å². The Balaban J connectivity index is 1.29. The Kier molecular flexibility index (Phi) is 9.87. The highest BCUT2D eigenvalue weighted by molar-refractivity contribution is 5.98. The molecule has 4 aromatic rings. The van der Waals surface area contributed by atoms with E-state index in [0.717, 1.165) is 11.1 Å². The zero-order valence-corrected chi connectivity index (χ0v) is 28.5. The van der Waals surface area contributed by atoms with Crippen molar-refractivity contribution in [2.45, 2.75) is 63.8 Å². The molecule has 6 rings (SSSR count). The Labute approximate surface area is 287 Å². The van der Waals surface area contributed by atoms with Gasteiger partial charge in [0.05, 0.1) is 31.2 Å². The van der Waals surface area contributed by atoms with Crippen molar-refractivity contribution in [3.63, 3.8) is 0 Å². The number of ether oxygens (including phenoxy) is 1. The molecule has 3 amide bonds. The van der Waals surface area contributed by atoms with Crippen LogP contribution in [0.1, 0.15) is 60.0 Å². The lowest BCUT2D eigenvalue weighted by Gasteiger charge is -2.41. The second-order valence-electron chi connectivity index (χ2n) is 14.1. The molecular weight excluding hydrogens is 618 g/mol. The number of carbonyl (C=O) groups is 3. The highest BCUT2D eigenvalue weighted by Gasteiger charge is 2.39. The van der Waals surface area contributed by atoms with Gasteiger partial charge in [-0.2, -0.15) is 0 Å². The van der Waals surface area contributed by atoms with Gasteiger partial charge in [0.1, 0.15) is 11.2 Å². The number of nitrogens with zero attached hydrogens (tertiary/aromatic N) is 5. The first-order valence-electron chi connectivity index (χ1n) is 17.0. The minimum Gasteiger partial charge on any atom is -0.444 e. The molecule has 10 nitrogen and oxygen atoms in total. The molecule has 0 aliphatic carbocycles. The lowest BCUT2D eigenvalue weighted by Crippen LogP contribution is -2.58. The predicted octanol–water partition coefficient (Wildman–Crippen LogP) is 5.52. The van der Waals surface area contributed by atoms with E-state index in [4.69, 9.17) is 4.74 Å². The smallest absolute Gasteiger partial charge is 0.410 e. The number of piperazine rings is 1. The summed E-state index contributed by atoms with van der Waals surface area (Å²) < 4.78 is 7.53. The highest BCUT2D eigenvalue weighted by Crippen LogP contribution is 2.31. The molecule has 1 N–H and O–H groups in total. The summed E-state index contributed by atoms with van der Waals surface area (Å²) in [6.07, 6.45) is 2.94. The number of likely N-dealkylation sites (tertiary alicyclic amines) is 1. The Bertz CT molecular complexity index is 1750. The van der Waals surface area contributed by atoms with Crippen LogP contribution in [-0.4, -0.2) is 97.2 Å². The number of hydrogen-bond donors (Lipinski definition) is 1. The van der Waals surface area contributed by atoms with Crippen LogP contribution in [0.15, 0.2) is 97.3 Å². The fourth-order valence-corrected chi connectivity index (χ4v) is 6.86. The van der Waals surface area contributed by atoms with Gasteiger partial charge in [0, 0.05) is 37.3 Å². The number of hydrogen-bond acceptors (Lipinski definition) is 6. The third-order valence-electron chi connectivity index (χ3n) is 9.12. The van der Waals surface area contributed by atoms with E-state index in [-0.39, 0.29) is 36.6 Å². The maximum Gasteiger partial charge on any atom is 0.410 e. The van der Waals surface area contributed by atoms with Crippen LogP contribution in [-0.2, 0) is 17.7 Å². The summed E-state index contributed by atoms with van der Waals surface area (Å²) in [6.45, 7) is 7.39. The summed E-state index contributed by atoms with van der Waals surface area (Å²) >= 11 is 0. The van der Waals surface area contributed by atoms with E-state index < -0.39 is 17.3 Å². The zero-order chi connectivity index (χ0) is 34.6. The number of aromatic nitrogens is 2. The Morgan fingerprint density at radius 1 is 0.857 bits per heavy atom. The van der Waals surface area contributed by atoms with Crippen LogP contribution in [0.2, 0.25) is 0 Å². The average Bonchev–Trinajstić information content (AvgIpc) is 3.50. The van der Waals surface area contributed by atoms with E-state index >= 15 is 0 Å². The largest absolute Gasteiger partial charge is 0.444 e. The SMILES string of the molecule is CC(C)(C)OC(=O)N1CCN(C(=O)c2ncn(CC3(O)CCCN(C(=O)c4ccccc4)C3)c2-c2ccccc2)[C@H](Cc2ccccc2)C1. The highest BCUT2D eigenvalue weighted by atomic mass is 16.6. The number of amides is 3. The maximum atomic E-state index is 14.6. The van der Waals surface area contributed by atoms with E-state index in [2.05, 4.69) is 4.98 Å². The summed E-state index contributed by atoms with van der Waals surface area (Å²) in [5.41, 5.74) is 1.48. The molecule has 2 fully saturated rings. The topological polar surface area (TPSA) is 108 Å². The van der Waals surface area contributed by atoms with Crippen LogP contribution < -0.4 is 0 Å². The molecule has 2 aliphatic rings. The fraction of sp³-hybridized carbons (Fsp3) is 0.385. The van der Waals surface area contributed by atoms with E-state index in [9.17, 15) is 19.5 Å². The van der Waals surface area contributed by atoms with Crippen molar-refractivity contribution in [2.24, 2.45) is 0 Å². The first-order valence-corrected chi connectivity index (χ1v) is 17.0. The third-order valence-corrected chi connectivity index (χ3v) is 9.12. The first-order chi connectivity index (χ1) is 23.5. The molecule has 2 aliphatic heterocycles. The van der Waals surface area contributed by atoms with Gasteiger partial charge in [0.15, 0.2) is 5.69 Å². The van der Waals surface area contributed by atoms with Crippen molar-refractivity contribution in [2.75, 3.05) is 32.7 Å². The molecule has 3 aromatic carbocycles. The van der Waals surface area contributed by atoms with E-state index in [1.165, 1.54) is 0 Å². The van der Waals surface area contributed by atoms with Crippen molar-refractivity contribution < 1.29 is 24.2 Å². The maximum absolute atomic E-state index is 14.6. The number of carbonyl (C=O) groups excluding carboxylic acids is 3. The summed E-state index contributed by atoms with van der Waals surface area (Å²) in [5.74, 6) is -0.350. The molecule has 0 spiro atoms. The molecule has 10 heteroatoms. The van der Waals surface area contributed by atoms with E-state index in [1.54, 1.807) is 28.3 Å². The molecule has 256 valence electrons. The van der Waals surface area contributed by atoms with Crippen LogP contribution in [0.3, 0.4) is 0 Å². The van der Waals surface area contributed by atoms with Crippen molar-refractivity contribution in [1.82, 2.24) is 24.3 Å². The van der Waals surface area contributed by atoms with Crippen LogP contribution in [0, 0.1) is 0 Å². The Hall–Kier alpha value is -4.96. The van der Waals surface area contributed by atoms with Gasteiger partial charge in [-0.05, 0) is 57.7 Å². The molecule has 3 heterocycles.